The summed E-state index contributed by atoms with van der Waals surface area (Å²) in [7, 11) is 0. The molecule has 1 N–H and O–H groups in total. The number of aryl methyl sites for hydroxylation is 2. The van der Waals surface area contributed by atoms with E-state index >= 15 is 0 Å². The zero-order valence-electron chi connectivity index (χ0n) is 15.8. The monoisotopic (exact) mass is 425 g/mol. The second kappa shape index (κ2) is 8.02. The number of rotatable bonds is 6. The van der Waals surface area contributed by atoms with Crippen LogP contribution in [-0.2, 0) is 23.8 Å². The van der Waals surface area contributed by atoms with Crippen molar-refractivity contribution in [3.05, 3.63) is 52.4 Å². The summed E-state index contributed by atoms with van der Waals surface area (Å²) in [5.41, 5.74) is 0.384. The minimum absolute atomic E-state index is 0.185. The number of nitrogens with zero attached hydrogens (tertiary/aromatic N) is 3. The number of halogens is 4. The highest BCUT2D eigenvalue weighted by Gasteiger charge is 2.34. The molecule has 9 heteroatoms. The van der Waals surface area contributed by atoms with Gasteiger partial charge in [0.1, 0.15) is 11.6 Å². The van der Waals surface area contributed by atoms with E-state index in [1.165, 1.54) is 6.07 Å². The Labute approximate surface area is 170 Å². The van der Waals surface area contributed by atoms with Crippen molar-refractivity contribution >= 4 is 28.6 Å². The number of carbonyl (C=O) groups is 1. The molecule has 1 aromatic carbocycles. The smallest absolute Gasteiger partial charge is 0.417 e. The van der Waals surface area contributed by atoms with E-state index in [0.29, 0.717) is 42.1 Å². The van der Waals surface area contributed by atoms with Crippen LogP contribution in [0.4, 0.5) is 13.2 Å². The fourth-order valence-corrected chi connectivity index (χ4v) is 3.34. The summed E-state index contributed by atoms with van der Waals surface area (Å²) in [6.07, 6.45) is -3.19. The van der Waals surface area contributed by atoms with Crippen LogP contribution in [0.2, 0.25) is 5.02 Å². The SMILES string of the molecule is CCc1nc2cc(C(F)(F)F)c(Cl)cc2n1-c1cccc(CCC(C)C(=O)O)n1. The Morgan fingerprint density at radius 3 is 2.62 bits per heavy atom. The average molecular weight is 426 g/mol. The molecule has 0 amide bonds. The fourth-order valence-electron chi connectivity index (χ4n) is 3.08. The molecule has 1 atom stereocenters. The standard InChI is InChI=1S/C20H19ClF3N3O2/c1-3-17-26-15-9-13(20(22,23)24)14(21)10-16(15)27(17)18-6-4-5-12(25-18)8-7-11(2)19(28)29/h4-6,9-11H,3,7-8H2,1-2H3,(H,28,29). The highest BCUT2D eigenvalue weighted by Crippen LogP contribution is 2.37. The number of carboxylic acids is 1. The molecule has 0 radical (unpaired) electrons. The first-order valence-corrected chi connectivity index (χ1v) is 9.46. The van der Waals surface area contributed by atoms with Crippen molar-refractivity contribution in [2.45, 2.75) is 39.3 Å². The summed E-state index contributed by atoms with van der Waals surface area (Å²) >= 11 is 5.91. The molecule has 2 aromatic heterocycles. The quantitative estimate of drug-likeness (QED) is 0.581. The van der Waals surface area contributed by atoms with Crippen LogP contribution < -0.4 is 0 Å². The first-order valence-electron chi connectivity index (χ1n) is 9.09. The van der Waals surface area contributed by atoms with Gasteiger partial charge in [-0.25, -0.2) is 9.97 Å². The van der Waals surface area contributed by atoms with E-state index in [1.807, 2.05) is 6.92 Å². The van der Waals surface area contributed by atoms with E-state index in [1.54, 1.807) is 29.7 Å². The lowest BCUT2D eigenvalue weighted by Crippen LogP contribution is -2.11. The molecular formula is C20H19ClF3N3O2. The molecule has 1 unspecified atom stereocenters. The van der Waals surface area contributed by atoms with Gasteiger partial charge in [0.15, 0.2) is 0 Å². The van der Waals surface area contributed by atoms with Gasteiger partial charge in [-0.15, -0.1) is 0 Å². The molecule has 154 valence electrons. The number of benzene rings is 1. The molecule has 0 spiro atoms. The van der Waals surface area contributed by atoms with Crippen LogP contribution in [0.25, 0.3) is 16.9 Å². The summed E-state index contributed by atoms with van der Waals surface area (Å²) in [6.45, 7) is 3.48. The van der Waals surface area contributed by atoms with Gasteiger partial charge in [0, 0.05) is 12.1 Å². The second-order valence-corrected chi connectivity index (χ2v) is 7.21. The highest BCUT2D eigenvalue weighted by atomic mass is 35.5. The lowest BCUT2D eigenvalue weighted by Gasteiger charge is -2.12. The summed E-state index contributed by atoms with van der Waals surface area (Å²) in [5, 5.41) is 8.63. The van der Waals surface area contributed by atoms with Crippen molar-refractivity contribution < 1.29 is 23.1 Å². The van der Waals surface area contributed by atoms with Gasteiger partial charge in [-0.2, -0.15) is 13.2 Å². The molecule has 29 heavy (non-hydrogen) atoms. The molecule has 5 nitrogen and oxygen atoms in total. The predicted molar refractivity (Wildman–Crippen MR) is 103 cm³/mol. The van der Waals surface area contributed by atoms with Crippen LogP contribution in [0.1, 0.15) is 37.4 Å². The largest absolute Gasteiger partial charge is 0.481 e. The molecular weight excluding hydrogens is 407 g/mol. The Morgan fingerprint density at radius 1 is 1.28 bits per heavy atom. The molecule has 0 aliphatic heterocycles. The van der Waals surface area contributed by atoms with E-state index in [9.17, 15) is 18.0 Å². The van der Waals surface area contributed by atoms with Gasteiger partial charge in [0.05, 0.1) is 27.5 Å². The summed E-state index contributed by atoms with van der Waals surface area (Å²) < 4.78 is 41.2. The molecule has 2 heterocycles. The second-order valence-electron chi connectivity index (χ2n) is 6.80. The topological polar surface area (TPSA) is 68.0 Å². The molecule has 0 saturated carbocycles. The van der Waals surface area contributed by atoms with E-state index in [2.05, 4.69) is 9.97 Å². The Bertz CT molecular complexity index is 1060. The van der Waals surface area contributed by atoms with Gasteiger partial charge in [0.2, 0.25) is 0 Å². The maximum atomic E-state index is 13.2. The first-order chi connectivity index (χ1) is 13.6. The molecule has 0 saturated heterocycles. The van der Waals surface area contributed by atoms with E-state index in [4.69, 9.17) is 16.7 Å². The lowest BCUT2D eigenvalue weighted by molar-refractivity contribution is -0.141. The minimum atomic E-state index is -4.57. The molecule has 3 rings (SSSR count). The van der Waals surface area contributed by atoms with Crippen LogP contribution in [0, 0.1) is 5.92 Å². The molecule has 0 aliphatic rings. The summed E-state index contributed by atoms with van der Waals surface area (Å²) in [6, 6.07) is 7.51. The molecule has 0 fully saturated rings. The third-order valence-electron chi connectivity index (χ3n) is 4.71. The van der Waals surface area contributed by atoms with E-state index < -0.39 is 28.6 Å². The van der Waals surface area contributed by atoms with Gasteiger partial charge in [-0.1, -0.05) is 31.5 Å². The van der Waals surface area contributed by atoms with Crippen molar-refractivity contribution in [1.29, 1.82) is 0 Å². The Morgan fingerprint density at radius 2 is 2.00 bits per heavy atom. The van der Waals surface area contributed by atoms with Crippen LogP contribution in [0.5, 0.6) is 0 Å². The van der Waals surface area contributed by atoms with Gasteiger partial charge < -0.3 is 5.11 Å². The minimum Gasteiger partial charge on any atom is -0.481 e. The van der Waals surface area contributed by atoms with Crippen LogP contribution in [0.3, 0.4) is 0 Å². The number of hydrogen-bond acceptors (Lipinski definition) is 3. The number of aliphatic carboxylic acids is 1. The van der Waals surface area contributed by atoms with Crippen molar-refractivity contribution in [2.75, 3.05) is 0 Å². The molecule has 3 aromatic rings. The number of pyridine rings is 1. The Kier molecular flexibility index (Phi) is 5.84. The van der Waals surface area contributed by atoms with E-state index in [-0.39, 0.29) is 5.52 Å². The predicted octanol–water partition coefficient (Wildman–Crippen LogP) is 5.31. The van der Waals surface area contributed by atoms with Crippen LogP contribution in [0.15, 0.2) is 30.3 Å². The summed E-state index contributed by atoms with van der Waals surface area (Å²) in [4.78, 5) is 19.9. The molecule has 0 aliphatic carbocycles. The zero-order chi connectivity index (χ0) is 21.3. The lowest BCUT2D eigenvalue weighted by atomic mass is 10.0. The number of hydrogen-bond donors (Lipinski definition) is 1. The van der Waals surface area contributed by atoms with Crippen molar-refractivity contribution in [3.8, 4) is 5.82 Å². The zero-order valence-corrected chi connectivity index (χ0v) is 16.6. The Hall–Kier alpha value is -2.61. The number of imidazole rings is 1. The normalized spacial score (nSPS) is 13.0. The number of carboxylic acid groups (broad SMARTS) is 1. The first kappa shape index (κ1) is 21.1. The van der Waals surface area contributed by atoms with Gasteiger partial charge in [0.25, 0.3) is 0 Å². The Balaban J connectivity index is 2.06. The fraction of sp³-hybridized carbons (Fsp3) is 0.350. The van der Waals surface area contributed by atoms with Gasteiger partial charge >= 0.3 is 12.1 Å². The maximum Gasteiger partial charge on any atom is 0.417 e. The number of aromatic nitrogens is 3. The van der Waals surface area contributed by atoms with E-state index in [0.717, 1.165) is 6.07 Å². The average Bonchev–Trinajstić information content (AvgIpc) is 3.02. The van der Waals surface area contributed by atoms with Crippen molar-refractivity contribution in [2.24, 2.45) is 5.92 Å². The highest BCUT2D eigenvalue weighted by molar-refractivity contribution is 6.32. The van der Waals surface area contributed by atoms with Gasteiger partial charge in [-0.3, -0.25) is 9.36 Å². The molecule has 0 bridgehead atoms. The third-order valence-corrected chi connectivity index (χ3v) is 5.02. The third kappa shape index (κ3) is 4.37. The van der Waals surface area contributed by atoms with Crippen LogP contribution in [-0.4, -0.2) is 25.6 Å². The maximum absolute atomic E-state index is 13.2. The number of alkyl halides is 3. The number of fused-ring (bicyclic) bond motifs is 1. The van der Waals surface area contributed by atoms with Crippen molar-refractivity contribution in [1.82, 2.24) is 14.5 Å². The summed E-state index contributed by atoms with van der Waals surface area (Å²) in [5.74, 6) is -0.315. The van der Waals surface area contributed by atoms with Crippen molar-refractivity contribution in [3.63, 3.8) is 0 Å². The van der Waals surface area contributed by atoms with Crippen LogP contribution >= 0.6 is 11.6 Å². The van der Waals surface area contributed by atoms with Gasteiger partial charge in [-0.05, 0) is 37.1 Å².